The van der Waals surface area contributed by atoms with Crippen LogP contribution in [-0.4, -0.2) is 43.2 Å². The predicted molar refractivity (Wildman–Crippen MR) is 86.1 cm³/mol. The normalized spacial score (nSPS) is 35.5. The van der Waals surface area contributed by atoms with E-state index in [0.29, 0.717) is 14.4 Å². The maximum absolute atomic E-state index is 11.2. The molecule has 0 spiro atoms. The van der Waals surface area contributed by atoms with Gasteiger partial charge in [0.15, 0.2) is 0 Å². The second kappa shape index (κ2) is 8.55. The molecule has 8 heteroatoms. The van der Waals surface area contributed by atoms with E-state index in [9.17, 15) is 9.50 Å². The first-order valence-electron chi connectivity index (χ1n) is 6.96. The molecule has 0 aromatic rings. The molecule has 0 aromatic heterocycles. The molecule has 1 rings (SSSR count). The molecule has 1 heterocycles. The van der Waals surface area contributed by atoms with Crippen LogP contribution < -0.4 is 0 Å². The Morgan fingerprint density at radius 1 is 1.55 bits per heavy atom. The van der Waals surface area contributed by atoms with Crippen LogP contribution in [0.5, 0.6) is 0 Å². The summed E-state index contributed by atoms with van der Waals surface area (Å²) in [6.07, 6.45) is 0.672. The van der Waals surface area contributed by atoms with Crippen molar-refractivity contribution in [1.82, 2.24) is 0 Å². The van der Waals surface area contributed by atoms with E-state index >= 15 is 0 Å². The van der Waals surface area contributed by atoms with Crippen molar-refractivity contribution in [1.29, 1.82) is 0 Å². The van der Waals surface area contributed by atoms with Crippen LogP contribution in [0.25, 0.3) is 0 Å². The van der Waals surface area contributed by atoms with Gasteiger partial charge in [0, 0.05) is 0 Å². The molecule has 1 saturated heterocycles. The summed E-state index contributed by atoms with van der Waals surface area (Å²) in [5.41, 5.74) is -0.229. The fourth-order valence-electron chi connectivity index (χ4n) is 2.56. The molecule has 1 aliphatic rings. The van der Waals surface area contributed by atoms with Crippen LogP contribution in [0.15, 0.2) is 0 Å². The van der Waals surface area contributed by atoms with Crippen LogP contribution in [0, 0.1) is 11.8 Å². The number of carbonyl (C=O) groups is 1. The van der Waals surface area contributed by atoms with E-state index in [1.54, 1.807) is 6.89 Å². The fourth-order valence-corrected chi connectivity index (χ4v) is 4.42. The number of rotatable bonds is 6. The zero-order chi connectivity index (χ0) is 15.3. The summed E-state index contributed by atoms with van der Waals surface area (Å²) >= 11 is 4.44. The van der Waals surface area contributed by atoms with Crippen molar-refractivity contribution in [2.45, 2.75) is 57.4 Å². The summed E-state index contributed by atoms with van der Waals surface area (Å²) < 4.78 is 22.0. The van der Waals surface area contributed by atoms with Crippen molar-refractivity contribution in [3.8, 4) is 0 Å². The Kier molecular flexibility index (Phi) is 7.78. The monoisotopic (exact) mass is 315 g/mol. The van der Waals surface area contributed by atoms with Crippen molar-refractivity contribution < 1.29 is 19.0 Å². The molecule has 1 radical (unpaired) electrons. The van der Waals surface area contributed by atoms with Crippen LogP contribution in [0.3, 0.4) is 0 Å². The molecule has 0 N–H and O–H groups in total. The molecule has 111 valence electrons. The van der Waals surface area contributed by atoms with Gasteiger partial charge >= 0.3 is 129 Å². The van der Waals surface area contributed by atoms with Gasteiger partial charge in [0.25, 0.3) is 0 Å². The molecule has 0 bridgehead atoms. The minimum atomic E-state index is -0.412. The zero-order valence-electron chi connectivity index (χ0n) is 12.4. The number of hydrogen-bond acceptors (Lipinski definition) is 5. The molecule has 0 amide bonds. The van der Waals surface area contributed by atoms with Gasteiger partial charge in [0.1, 0.15) is 0 Å². The molecule has 1 fully saturated rings. The number of ether oxygens (including phenoxy) is 2. The molecule has 4 nitrogen and oxygen atoms in total. The number of esters is 1. The average Bonchev–Trinajstić information content (AvgIpc) is 2.40. The van der Waals surface area contributed by atoms with Crippen molar-refractivity contribution in [2.24, 2.45) is 11.8 Å². The van der Waals surface area contributed by atoms with Crippen molar-refractivity contribution in [3.05, 3.63) is 0 Å². The zero-order valence-corrected chi connectivity index (χ0v) is 14.3. The summed E-state index contributed by atoms with van der Waals surface area (Å²) in [6.45, 7) is 9.34. The third kappa shape index (κ3) is 4.57. The van der Waals surface area contributed by atoms with Gasteiger partial charge < -0.3 is 0 Å². The van der Waals surface area contributed by atoms with E-state index in [4.69, 9.17) is 9.47 Å². The fraction of sp³-hybridized carbons (Fsp3) is 0.917. The van der Waals surface area contributed by atoms with Gasteiger partial charge in [-0.1, -0.05) is 0 Å². The predicted octanol–water partition coefficient (Wildman–Crippen LogP) is 1.89. The first kappa shape index (κ1) is 18.2. The Labute approximate surface area is 129 Å². The van der Waals surface area contributed by atoms with Gasteiger partial charge in [-0.3, -0.25) is 0 Å². The summed E-state index contributed by atoms with van der Waals surface area (Å²) in [4.78, 5) is 11.2. The van der Waals surface area contributed by atoms with Gasteiger partial charge in [-0.15, -0.1) is 0 Å². The number of carbonyl (C=O) groups excluding carboxylic acids is 1. The third-order valence-electron chi connectivity index (χ3n) is 3.88. The second-order valence-electron chi connectivity index (χ2n) is 5.31. The molecule has 0 aliphatic carbocycles. The first-order valence-corrected chi connectivity index (χ1v) is 8.63. The number of hydrogen-bond donors (Lipinski definition) is 1. The van der Waals surface area contributed by atoms with E-state index in [1.807, 2.05) is 6.92 Å². The van der Waals surface area contributed by atoms with Crippen molar-refractivity contribution >= 4 is 41.0 Å². The van der Waals surface area contributed by atoms with Gasteiger partial charge in [-0.25, -0.2) is 0 Å². The van der Waals surface area contributed by atoms with Crippen molar-refractivity contribution in [2.75, 3.05) is 0 Å². The average molecular weight is 315 g/mol. The molecular weight excluding hydrogens is 293 g/mol. The van der Waals surface area contributed by atoms with Crippen LogP contribution in [0.1, 0.15) is 34.1 Å². The van der Waals surface area contributed by atoms with E-state index in [0.717, 1.165) is 13.5 Å². The molecule has 0 aromatic carbocycles. The Balaban J connectivity index is 2.89. The van der Waals surface area contributed by atoms with Crippen LogP contribution in [-0.2, 0) is 19.0 Å². The van der Waals surface area contributed by atoms with Crippen LogP contribution >= 0.6 is 21.1 Å². The van der Waals surface area contributed by atoms with E-state index in [2.05, 4.69) is 26.5 Å². The Morgan fingerprint density at radius 3 is 2.70 bits per heavy atom. The molecule has 20 heavy (non-hydrogen) atoms. The summed E-state index contributed by atoms with van der Waals surface area (Å²) in [7, 11) is 1.19. The Hall–Kier alpha value is 0.140. The number of thiol groups is 1. The molecule has 0 saturated carbocycles. The molecule has 4 unspecified atom stereocenters. The third-order valence-corrected chi connectivity index (χ3v) is 5.86. The summed E-state index contributed by atoms with van der Waals surface area (Å²) in [5.74, 6) is 0.166. The van der Waals surface area contributed by atoms with Gasteiger partial charge in [-0.05, 0) is 0 Å². The van der Waals surface area contributed by atoms with Crippen LogP contribution in [0.2, 0.25) is 0 Å². The van der Waals surface area contributed by atoms with Gasteiger partial charge in [0.05, 0.1) is 0 Å². The minimum absolute atomic E-state index is 0.0406. The van der Waals surface area contributed by atoms with Crippen molar-refractivity contribution in [3.63, 3.8) is 0 Å². The van der Waals surface area contributed by atoms with E-state index in [1.165, 1.54) is 6.92 Å². The topological polar surface area (TPSA) is 52.6 Å². The van der Waals surface area contributed by atoms with Gasteiger partial charge in [0.2, 0.25) is 0 Å². The van der Waals surface area contributed by atoms with E-state index < -0.39 is 5.44 Å². The SMILES string of the molecule is CC[C@H](C)C1OC(S)C(OC(C)=O)[C@@H](C)[C@@H]1P[B]B=O. The van der Waals surface area contributed by atoms with Gasteiger partial charge in [-0.2, -0.15) is 0 Å². The Bertz CT molecular complexity index is 347. The summed E-state index contributed by atoms with van der Waals surface area (Å²) in [5, 5.41) is 0. The molecular formula is C12H22B2O4PS. The second-order valence-corrected chi connectivity index (χ2v) is 7.15. The quantitative estimate of drug-likeness (QED) is 0.352. The Morgan fingerprint density at radius 2 is 2.20 bits per heavy atom. The standard InChI is InChI=1S/C12H22B2O4PS/c1-5-6(2)9-11(19-14-13-16)7(3)10(12(20)18-9)17-8(4)15/h6-7,9-12,19-20H,5H2,1-4H3/t6-,7+,9?,10?,11-,12?/m0/s1. The molecule has 7 atom stereocenters. The summed E-state index contributed by atoms with van der Waals surface area (Å²) in [6, 6.07) is 0. The van der Waals surface area contributed by atoms with E-state index in [-0.39, 0.29) is 29.8 Å². The molecule has 1 aliphatic heterocycles. The maximum atomic E-state index is 11.2. The van der Waals surface area contributed by atoms with Crippen LogP contribution in [0.4, 0.5) is 0 Å². The first-order chi connectivity index (χ1) is 9.42.